The molecule has 1 aromatic rings. The fourth-order valence-corrected chi connectivity index (χ4v) is 1.36. The van der Waals surface area contributed by atoms with Gasteiger partial charge in [-0.2, -0.15) is 0 Å². The molecule has 0 aliphatic carbocycles. The smallest absolute Gasteiger partial charge is 0.325 e. The Hall–Kier alpha value is -1.42. The zero-order valence-corrected chi connectivity index (χ0v) is 7.83. The van der Waals surface area contributed by atoms with E-state index in [-0.39, 0.29) is 5.56 Å². The quantitative estimate of drug-likeness (QED) is 0.771. The molecule has 3 N–H and O–H groups in total. The van der Waals surface area contributed by atoms with Crippen LogP contribution in [0.15, 0.2) is 18.2 Å². The van der Waals surface area contributed by atoms with Crippen molar-refractivity contribution < 1.29 is 14.3 Å². The predicted octanol–water partition coefficient (Wildman–Crippen LogP) is 1.47. The summed E-state index contributed by atoms with van der Waals surface area (Å²) in [5, 5.41) is 8.69. The Labute approximate surface area is 81.4 Å². The number of carboxylic acids is 1. The van der Waals surface area contributed by atoms with Crippen LogP contribution in [-0.4, -0.2) is 11.1 Å². The number of carboxylic acid groups (broad SMARTS) is 1. The number of carbonyl (C=O) groups is 1. The molecule has 14 heavy (non-hydrogen) atoms. The lowest BCUT2D eigenvalue weighted by Gasteiger charge is -2.12. The number of aliphatic carboxylic acids is 1. The van der Waals surface area contributed by atoms with Crippen molar-refractivity contribution in [1.29, 1.82) is 0 Å². The summed E-state index contributed by atoms with van der Waals surface area (Å²) in [6.45, 7) is 1.83. The topological polar surface area (TPSA) is 63.3 Å². The van der Waals surface area contributed by atoms with Gasteiger partial charge in [0.15, 0.2) is 0 Å². The summed E-state index contributed by atoms with van der Waals surface area (Å²) in [5.74, 6) is -1.77. The van der Waals surface area contributed by atoms with Gasteiger partial charge in [-0.15, -0.1) is 0 Å². The highest BCUT2D eigenvalue weighted by molar-refractivity contribution is 5.75. The van der Waals surface area contributed by atoms with Crippen molar-refractivity contribution in [2.45, 2.75) is 19.4 Å². The fourth-order valence-electron chi connectivity index (χ4n) is 1.36. The molecule has 0 spiro atoms. The number of hydrogen-bond acceptors (Lipinski definition) is 2. The number of halogens is 1. The van der Waals surface area contributed by atoms with Gasteiger partial charge in [-0.25, -0.2) is 4.39 Å². The van der Waals surface area contributed by atoms with Crippen LogP contribution in [0.25, 0.3) is 0 Å². The van der Waals surface area contributed by atoms with Gasteiger partial charge < -0.3 is 10.8 Å². The second-order valence-corrected chi connectivity index (χ2v) is 2.98. The first-order chi connectivity index (χ1) is 6.57. The Bertz CT molecular complexity index is 352. The molecule has 0 aliphatic heterocycles. The average Bonchev–Trinajstić information content (AvgIpc) is 2.16. The van der Waals surface area contributed by atoms with Gasteiger partial charge in [0.25, 0.3) is 0 Å². The maximum absolute atomic E-state index is 13.3. The third kappa shape index (κ3) is 1.90. The van der Waals surface area contributed by atoms with Crippen molar-refractivity contribution in [2.24, 2.45) is 5.73 Å². The molecular weight excluding hydrogens is 185 g/mol. The molecule has 0 bridgehead atoms. The van der Waals surface area contributed by atoms with Crippen LogP contribution in [0.1, 0.15) is 24.1 Å². The molecule has 1 unspecified atom stereocenters. The van der Waals surface area contributed by atoms with E-state index in [1.165, 1.54) is 6.07 Å². The lowest BCUT2D eigenvalue weighted by molar-refractivity contribution is -0.138. The van der Waals surface area contributed by atoms with Crippen LogP contribution < -0.4 is 5.73 Å². The maximum Gasteiger partial charge on any atom is 0.325 e. The molecule has 0 aliphatic rings. The summed E-state index contributed by atoms with van der Waals surface area (Å²) >= 11 is 0. The molecule has 76 valence electrons. The zero-order chi connectivity index (χ0) is 10.7. The second-order valence-electron chi connectivity index (χ2n) is 2.98. The highest BCUT2D eigenvalue weighted by Crippen LogP contribution is 2.20. The van der Waals surface area contributed by atoms with Crippen LogP contribution >= 0.6 is 0 Å². The summed E-state index contributed by atoms with van der Waals surface area (Å²) in [6.07, 6.45) is 0.564. The fraction of sp³-hybridized carbons (Fsp3) is 0.300. The first-order valence-corrected chi connectivity index (χ1v) is 4.33. The first kappa shape index (κ1) is 10.7. The Morgan fingerprint density at radius 2 is 2.29 bits per heavy atom. The average molecular weight is 197 g/mol. The molecule has 4 heteroatoms. The Morgan fingerprint density at radius 1 is 1.64 bits per heavy atom. The van der Waals surface area contributed by atoms with Crippen molar-refractivity contribution in [1.82, 2.24) is 0 Å². The maximum atomic E-state index is 13.3. The monoisotopic (exact) mass is 197 g/mol. The summed E-state index contributed by atoms with van der Waals surface area (Å²) in [5.41, 5.74) is 6.10. The third-order valence-electron chi connectivity index (χ3n) is 2.10. The second kappa shape index (κ2) is 4.19. The molecular formula is C10H12FNO2. The van der Waals surface area contributed by atoms with Crippen molar-refractivity contribution in [3.05, 3.63) is 35.1 Å². The molecule has 0 saturated heterocycles. The molecule has 0 amide bonds. The summed E-state index contributed by atoms with van der Waals surface area (Å²) in [7, 11) is 0. The lowest BCUT2D eigenvalue weighted by atomic mass is 9.98. The van der Waals surface area contributed by atoms with E-state index in [0.29, 0.717) is 12.0 Å². The van der Waals surface area contributed by atoms with Gasteiger partial charge in [0.05, 0.1) is 0 Å². The highest BCUT2D eigenvalue weighted by Gasteiger charge is 2.20. The molecule has 0 fully saturated rings. The van der Waals surface area contributed by atoms with E-state index in [1.807, 2.05) is 6.92 Å². The van der Waals surface area contributed by atoms with Gasteiger partial charge in [-0.1, -0.05) is 19.1 Å². The molecule has 1 atom stereocenters. The molecule has 0 aromatic heterocycles. The van der Waals surface area contributed by atoms with Gasteiger partial charge in [-0.05, 0) is 18.1 Å². The number of nitrogens with two attached hydrogens (primary N) is 1. The lowest BCUT2D eigenvalue weighted by Crippen LogP contribution is -2.23. The normalized spacial score (nSPS) is 12.5. The highest BCUT2D eigenvalue weighted by atomic mass is 19.1. The molecule has 1 rings (SSSR count). The van der Waals surface area contributed by atoms with Crippen molar-refractivity contribution in [2.75, 3.05) is 0 Å². The number of aryl methyl sites for hydroxylation is 1. The van der Waals surface area contributed by atoms with Crippen molar-refractivity contribution in [3.8, 4) is 0 Å². The zero-order valence-electron chi connectivity index (χ0n) is 7.83. The van der Waals surface area contributed by atoms with Crippen LogP contribution in [0.4, 0.5) is 4.39 Å². The molecule has 0 heterocycles. The third-order valence-corrected chi connectivity index (χ3v) is 2.10. The predicted molar refractivity (Wildman–Crippen MR) is 50.3 cm³/mol. The number of rotatable bonds is 3. The minimum Gasteiger partial charge on any atom is -0.480 e. The summed E-state index contributed by atoms with van der Waals surface area (Å²) in [6, 6.07) is 3.16. The first-order valence-electron chi connectivity index (χ1n) is 4.33. The summed E-state index contributed by atoms with van der Waals surface area (Å²) in [4.78, 5) is 10.6. The van der Waals surface area contributed by atoms with Crippen LogP contribution in [0, 0.1) is 5.82 Å². The van der Waals surface area contributed by atoms with E-state index in [0.717, 1.165) is 0 Å². The van der Waals surface area contributed by atoms with Crippen LogP contribution in [-0.2, 0) is 11.2 Å². The van der Waals surface area contributed by atoms with Crippen molar-refractivity contribution >= 4 is 5.97 Å². The van der Waals surface area contributed by atoms with Gasteiger partial charge in [-0.3, -0.25) is 4.79 Å². The van der Waals surface area contributed by atoms with E-state index in [2.05, 4.69) is 0 Å². The Kier molecular flexibility index (Phi) is 3.19. The van der Waals surface area contributed by atoms with Gasteiger partial charge in [0.1, 0.15) is 11.9 Å². The van der Waals surface area contributed by atoms with Crippen LogP contribution in [0.5, 0.6) is 0 Å². The van der Waals surface area contributed by atoms with E-state index in [4.69, 9.17) is 10.8 Å². The number of hydrogen-bond donors (Lipinski definition) is 2. The minimum atomic E-state index is -1.29. The molecule has 0 saturated carbocycles. The van der Waals surface area contributed by atoms with Gasteiger partial charge in [0.2, 0.25) is 0 Å². The van der Waals surface area contributed by atoms with E-state index >= 15 is 0 Å². The van der Waals surface area contributed by atoms with Crippen LogP contribution in [0.3, 0.4) is 0 Å². The van der Waals surface area contributed by atoms with Crippen LogP contribution in [0.2, 0.25) is 0 Å². The van der Waals surface area contributed by atoms with E-state index < -0.39 is 17.8 Å². The Morgan fingerprint density at radius 3 is 2.79 bits per heavy atom. The van der Waals surface area contributed by atoms with Gasteiger partial charge in [0, 0.05) is 5.56 Å². The number of benzene rings is 1. The standard InChI is InChI=1S/C10H12FNO2/c1-2-6-4-3-5-7(11)8(6)9(12)10(13)14/h3-5,9H,2,12H2,1H3,(H,13,14). The summed E-state index contributed by atoms with van der Waals surface area (Å²) < 4.78 is 13.3. The SMILES string of the molecule is CCc1cccc(F)c1C(N)C(=O)O. The molecule has 3 nitrogen and oxygen atoms in total. The minimum absolute atomic E-state index is 0.0856. The Balaban J connectivity index is 3.23. The van der Waals surface area contributed by atoms with E-state index in [9.17, 15) is 9.18 Å². The largest absolute Gasteiger partial charge is 0.480 e. The molecule has 0 radical (unpaired) electrons. The van der Waals surface area contributed by atoms with E-state index in [1.54, 1.807) is 12.1 Å². The van der Waals surface area contributed by atoms with Crippen molar-refractivity contribution in [3.63, 3.8) is 0 Å². The molecule has 1 aromatic carbocycles. The van der Waals surface area contributed by atoms with Gasteiger partial charge >= 0.3 is 5.97 Å².